The quantitative estimate of drug-likeness (QED) is 0.922. The highest BCUT2D eigenvalue weighted by atomic mass is 35.5. The van der Waals surface area contributed by atoms with Gasteiger partial charge in [-0.15, -0.1) is 0 Å². The molecule has 2 bridgehead atoms. The lowest BCUT2D eigenvalue weighted by atomic mass is 9.82. The number of piperidine rings is 2. The molecule has 0 amide bonds. The smallest absolute Gasteiger partial charge is 0.124 e. The second kappa shape index (κ2) is 6.55. The Labute approximate surface area is 132 Å². The summed E-state index contributed by atoms with van der Waals surface area (Å²) in [6.07, 6.45) is 6.59. The Bertz CT molecular complexity index is 480. The summed E-state index contributed by atoms with van der Waals surface area (Å²) in [5.74, 6) is 0.878. The van der Waals surface area contributed by atoms with Crippen LogP contribution in [-0.2, 0) is 6.54 Å². The van der Waals surface area contributed by atoms with Crippen molar-refractivity contribution in [3.05, 3.63) is 28.8 Å². The molecule has 0 saturated carbocycles. The summed E-state index contributed by atoms with van der Waals surface area (Å²) < 4.78 is 5.43. The zero-order chi connectivity index (χ0) is 14.8. The van der Waals surface area contributed by atoms with Gasteiger partial charge in [-0.2, -0.15) is 0 Å². The van der Waals surface area contributed by atoms with E-state index in [0.29, 0.717) is 6.04 Å². The summed E-state index contributed by atoms with van der Waals surface area (Å²) in [6.45, 7) is 0.788. The average molecular weight is 309 g/mol. The molecule has 2 aliphatic heterocycles. The minimum atomic E-state index is 0.595. The minimum Gasteiger partial charge on any atom is -0.496 e. The number of nitrogens with zero attached hydrogens (tertiary/aromatic N) is 1. The molecule has 0 spiro atoms. The molecule has 2 fully saturated rings. The van der Waals surface area contributed by atoms with Crippen molar-refractivity contribution in [3.63, 3.8) is 0 Å². The molecule has 21 heavy (non-hydrogen) atoms. The molecule has 2 heterocycles. The highest BCUT2D eigenvalue weighted by Crippen LogP contribution is 2.33. The first kappa shape index (κ1) is 15.1. The molecule has 2 unspecified atom stereocenters. The van der Waals surface area contributed by atoms with Gasteiger partial charge in [-0.25, -0.2) is 0 Å². The SMILES string of the molecule is COc1cccc(Cl)c1CNC1CC2CCCC(C1)N2C. The number of hydrogen-bond acceptors (Lipinski definition) is 3. The second-order valence-electron chi connectivity index (χ2n) is 6.37. The fraction of sp³-hybridized carbons (Fsp3) is 0.647. The molecule has 2 saturated heterocycles. The molecule has 0 aliphatic carbocycles. The molecule has 2 atom stereocenters. The molecule has 2 aliphatic rings. The standard InChI is InChI=1S/C17H25ClN2O/c1-20-13-5-3-6-14(20)10-12(9-13)19-11-15-16(18)7-4-8-17(15)21-2/h4,7-8,12-14,19H,3,5-6,9-11H2,1-2H3. The first-order valence-corrected chi connectivity index (χ1v) is 8.33. The lowest BCUT2D eigenvalue weighted by molar-refractivity contribution is 0.0482. The lowest BCUT2D eigenvalue weighted by Crippen LogP contribution is -2.54. The van der Waals surface area contributed by atoms with Gasteiger partial charge in [-0.05, 0) is 44.9 Å². The lowest BCUT2D eigenvalue weighted by Gasteiger charge is -2.47. The monoisotopic (exact) mass is 308 g/mol. The van der Waals surface area contributed by atoms with Crippen molar-refractivity contribution in [1.82, 2.24) is 10.2 Å². The van der Waals surface area contributed by atoms with Gasteiger partial charge in [-0.1, -0.05) is 24.1 Å². The zero-order valence-corrected chi connectivity index (χ0v) is 13.7. The van der Waals surface area contributed by atoms with Crippen molar-refractivity contribution in [2.75, 3.05) is 14.2 Å². The first-order valence-electron chi connectivity index (χ1n) is 7.95. The summed E-state index contributed by atoms with van der Waals surface area (Å²) in [5, 5.41) is 4.50. The minimum absolute atomic E-state index is 0.595. The fourth-order valence-corrected chi connectivity index (χ4v) is 4.16. The normalized spacial score (nSPS) is 29.4. The van der Waals surface area contributed by atoms with Crippen LogP contribution in [0.3, 0.4) is 0 Å². The molecule has 3 nitrogen and oxygen atoms in total. The van der Waals surface area contributed by atoms with Crippen molar-refractivity contribution < 1.29 is 4.74 Å². The summed E-state index contributed by atoms with van der Waals surface area (Å²) in [6, 6.07) is 7.95. The molecule has 1 N–H and O–H groups in total. The topological polar surface area (TPSA) is 24.5 Å². The molecule has 1 aromatic carbocycles. The largest absolute Gasteiger partial charge is 0.496 e. The summed E-state index contributed by atoms with van der Waals surface area (Å²) in [4.78, 5) is 2.59. The maximum Gasteiger partial charge on any atom is 0.124 e. The van der Waals surface area contributed by atoms with Crippen LogP contribution in [-0.4, -0.2) is 37.2 Å². The van der Waals surface area contributed by atoms with Crippen molar-refractivity contribution in [2.24, 2.45) is 0 Å². The van der Waals surface area contributed by atoms with Crippen LogP contribution in [0.15, 0.2) is 18.2 Å². The van der Waals surface area contributed by atoms with E-state index in [-0.39, 0.29) is 0 Å². The van der Waals surface area contributed by atoms with E-state index in [9.17, 15) is 0 Å². The van der Waals surface area contributed by atoms with Gasteiger partial charge in [0.25, 0.3) is 0 Å². The third-order valence-electron chi connectivity index (χ3n) is 5.20. The number of fused-ring (bicyclic) bond motifs is 2. The Hall–Kier alpha value is -0.770. The van der Waals surface area contributed by atoms with Crippen LogP contribution in [0.2, 0.25) is 5.02 Å². The molecule has 0 aromatic heterocycles. The number of nitrogens with one attached hydrogen (secondary N) is 1. The van der Waals surface area contributed by atoms with E-state index < -0.39 is 0 Å². The average Bonchev–Trinajstić information content (AvgIpc) is 2.46. The molecule has 4 heteroatoms. The number of benzene rings is 1. The molecule has 116 valence electrons. The fourth-order valence-electron chi connectivity index (χ4n) is 3.93. The number of hydrogen-bond donors (Lipinski definition) is 1. The maximum atomic E-state index is 6.32. The number of methoxy groups -OCH3 is 1. The maximum absolute atomic E-state index is 6.32. The van der Waals surface area contributed by atoms with Gasteiger partial charge in [0.1, 0.15) is 5.75 Å². The number of ether oxygens (including phenoxy) is 1. The van der Waals surface area contributed by atoms with Crippen LogP contribution in [0.5, 0.6) is 5.75 Å². The van der Waals surface area contributed by atoms with Crippen molar-refractivity contribution >= 4 is 11.6 Å². The second-order valence-corrected chi connectivity index (χ2v) is 6.78. The van der Waals surface area contributed by atoms with Crippen molar-refractivity contribution in [3.8, 4) is 5.75 Å². The molecule has 0 radical (unpaired) electrons. The number of halogens is 1. The predicted molar refractivity (Wildman–Crippen MR) is 87.1 cm³/mol. The van der Waals surface area contributed by atoms with Crippen LogP contribution < -0.4 is 10.1 Å². The Balaban J connectivity index is 1.64. The Morgan fingerprint density at radius 1 is 1.29 bits per heavy atom. The third kappa shape index (κ3) is 3.20. The van der Waals surface area contributed by atoms with Gasteiger partial charge in [0.2, 0.25) is 0 Å². The van der Waals surface area contributed by atoms with Crippen LogP contribution in [0.25, 0.3) is 0 Å². The number of rotatable bonds is 4. The summed E-state index contributed by atoms with van der Waals surface area (Å²) in [5.41, 5.74) is 1.07. The van der Waals surface area contributed by atoms with Crippen molar-refractivity contribution in [2.45, 2.75) is 56.8 Å². The highest BCUT2D eigenvalue weighted by molar-refractivity contribution is 6.31. The van der Waals surface area contributed by atoms with Gasteiger partial charge in [0, 0.05) is 35.3 Å². The molecule has 1 aromatic rings. The van der Waals surface area contributed by atoms with E-state index in [1.807, 2.05) is 18.2 Å². The van der Waals surface area contributed by atoms with E-state index >= 15 is 0 Å². The van der Waals surface area contributed by atoms with E-state index in [4.69, 9.17) is 16.3 Å². The van der Waals surface area contributed by atoms with Crippen molar-refractivity contribution in [1.29, 1.82) is 0 Å². The van der Waals surface area contributed by atoms with Gasteiger partial charge in [0.05, 0.1) is 7.11 Å². The molecule has 3 rings (SSSR count). The van der Waals surface area contributed by atoms with Crippen LogP contribution in [0, 0.1) is 0 Å². The summed E-state index contributed by atoms with van der Waals surface area (Å²) in [7, 11) is 4.00. The van der Waals surface area contributed by atoms with Gasteiger partial charge in [0.15, 0.2) is 0 Å². The Kier molecular flexibility index (Phi) is 4.72. The predicted octanol–water partition coefficient (Wildman–Crippen LogP) is 3.45. The summed E-state index contributed by atoms with van der Waals surface area (Å²) >= 11 is 6.32. The van der Waals surface area contributed by atoms with Crippen LogP contribution in [0.1, 0.15) is 37.7 Å². The van der Waals surface area contributed by atoms with E-state index in [2.05, 4.69) is 17.3 Å². The van der Waals surface area contributed by atoms with E-state index in [1.165, 1.54) is 32.1 Å². The zero-order valence-electron chi connectivity index (χ0n) is 12.9. The Morgan fingerprint density at radius 3 is 2.67 bits per heavy atom. The van der Waals surface area contributed by atoms with Gasteiger partial charge in [-0.3, -0.25) is 0 Å². The van der Waals surface area contributed by atoms with Gasteiger partial charge < -0.3 is 15.0 Å². The van der Waals surface area contributed by atoms with Crippen LogP contribution in [0.4, 0.5) is 0 Å². The van der Waals surface area contributed by atoms with Gasteiger partial charge >= 0.3 is 0 Å². The third-order valence-corrected chi connectivity index (χ3v) is 5.56. The van der Waals surface area contributed by atoms with E-state index in [0.717, 1.165) is 35.0 Å². The molecular weight excluding hydrogens is 284 g/mol. The van der Waals surface area contributed by atoms with E-state index in [1.54, 1.807) is 7.11 Å². The molecular formula is C17H25ClN2O. The first-order chi connectivity index (χ1) is 10.2. The highest BCUT2D eigenvalue weighted by Gasteiger charge is 2.35. The Morgan fingerprint density at radius 2 is 2.00 bits per heavy atom. The van der Waals surface area contributed by atoms with Crippen LogP contribution >= 0.6 is 11.6 Å².